The monoisotopic (exact) mass is 388 g/mol. The van der Waals surface area contributed by atoms with E-state index in [1.165, 1.54) is 0 Å². The fourth-order valence-electron chi connectivity index (χ4n) is 2.82. The lowest BCUT2D eigenvalue weighted by atomic mass is 10.1. The van der Waals surface area contributed by atoms with Crippen molar-refractivity contribution in [1.82, 2.24) is 0 Å². The molecule has 2 amide bonds. The van der Waals surface area contributed by atoms with Crippen molar-refractivity contribution in [3.63, 3.8) is 0 Å². The maximum atomic E-state index is 12.5. The van der Waals surface area contributed by atoms with E-state index in [-0.39, 0.29) is 18.4 Å². The predicted molar refractivity (Wildman–Crippen MR) is 116 cm³/mol. The molecule has 2 N–H and O–H groups in total. The van der Waals surface area contributed by atoms with Gasteiger partial charge in [-0.1, -0.05) is 30.3 Å². The third-order valence-electron chi connectivity index (χ3n) is 4.55. The first-order valence-corrected chi connectivity index (χ1v) is 9.39. The van der Waals surface area contributed by atoms with Gasteiger partial charge in [-0.2, -0.15) is 0 Å². The molecule has 3 aromatic rings. The molecule has 0 fully saturated rings. The molecular weight excluding hydrogens is 364 g/mol. The van der Waals surface area contributed by atoms with E-state index >= 15 is 0 Å². The largest absolute Gasteiger partial charge is 0.484 e. The molecule has 5 nitrogen and oxygen atoms in total. The molecule has 0 bridgehead atoms. The van der Waals surface area contributed by atoms with E-state index in [1.807, 2.05) is 63.2 Å². The molecule has 148 valence electrons. The van der Waals surface area contributed by atoms with Crippen molar-refractivity contribution in [2.24, 2.45) is 0 Å². The Bertz CT molecular complexity index is 1030. The van der Waals surface area contributed by atoms with Gasteiger partial charge >= 0.3 is 0 Å². The number of anilines is 2. The van der Waals surface area contributed by atoms with Crippen molar-refractivity contribution in [1.29, 1.82) is 0 Å². The van der Waals surface area contributed by atoms with Crippen molar-refractivity contribution < 1.29 is 14.3 Å². The molecule has 0 unspecified atom stereocenters. The summed E-state index contributed by atoms with van der Waals surface area (Å²) in [7, 11) is 0. The van der Waals surface area contributed by atoms with E-state index < -0.39 is 0 Å². The second-order valence-corrected chi connectivity index (χ2v) is 6.95. The van der Waals surface area contributed by atoms with Crippen LogP contribution in [-0.4, -0.2) is 18.4 Å². The van der Waals surface area contributed by atoms with Gasteiger partial charge in [0.05, 0.1) is 0 Å². The van der Waals surface area contributed by atoms with Crippen LogP contribution in [0.5, 0.6) is 5.75 Å². The smallest absolute Gasteiger partial charge is 0.262 e. The quantitative estimate of drug-likeness (QED) is 0.632. The highest BCUT2D eigenvalue weighted by molar-refractivity contribution is 6.04. The van der Waals surface area contributed by atoms with E-state index in [9.17, 15) is 9.59 Å². The highest BCUT2D eigenvalue weighted by Gasteiger charge is 2.09. The van der Waals surface area contributed by atoms with Crippen molar-refractivity contribution in [3.05, 3.63) is 89.0 Å². The minimum atomic E-state index is -0.240. The summed E-state index contributed by atoms with van der Waals surface area (Å²) in [6, 6.07) is 20.2. The molecule has 0 saturated carbocycles. The maximum Gasteiger partial charge on any atom is 0.262 e. The van der Waals surface area contributed by atoms with Crippen LogP contribution in [0.1, 0.15) is 27.0 Å². The summed E-state index contributed by atoms with van der Waals surface area (Å²) in [6.07, 6.45) is 0. The number of carbonyl (C=O) groups is 2. The van der Waals surface area contributed by atoms with E-state index in [4.69, 9.17) is 4.74 Å². The van der Waals surface area contributed by atoms with Crippen LogP contribution in [0.4, 0.5) is 11.4 Å². The number of para-hydroxylation sites is 1. The fourth-order valence-corrected chi connectivity index (χ4v) is 2.82. The third-order valence-corrected chi connectivity index (χ3v) is 4.55. The Morgan fingerprint density at radius 3 is 2.21 bits per heavy atom. The summed E-state index contributed by atoms with van der Waals surface area (Å²) in [6.45, 7) is 5.76. The fraction of sp³-hybridized carbons (Fsp3) is 0.167. The van der Waals surface area contributed by atoms with Gasteiger partial charge in [0.15, 0.2) is 6.61 Å². The third kappa shape index (κ3) is 5.45. The average Bonchev–Trinajstić information content (AvgIpc) is 2.71. The molecule has 0 heterocycles. The minimum Gasteiger partial charge on any atom is -0.484 e. The zero-order valence-corrected chi connectivity index (χ0v) is 16.8. The second kappa shape index (κ2) is 9.06. The van der Waals surface area contributed by atoms with Gasteiger partial charge in [0.25, 0.3) is 11.8 Å². The van der Waals surface area contributed by atoms with Gasteiger partial charge in [0.1, 0.15) is 5.75 Å². The lowest BCUT2D eigenvalue weighted by Gasteiger charge is -2.11. The maximum absolute atomic E-state index is 12.5. The Hall–Kier alpha value is -3.60. The summed E-state index contributed by atoms with van der Waals surface area (Å²) in [4.78, 5) is 24.5. The number of nitrogens with one attached hydrogen (secondary N) is 2. The molecule has 0 saturated heterocycles. The number of benzene rings is 3. The van der Waals surface area contributed by atoms with Crippen molar-refractivity contribution in [2.75, 3.05) is 17.2 Å². The second-order valence-electron chi connectivity index (χ2n) is 6.95. The van der Waals surface area contributed by atoms with Crippen LogP contribution < -0.4 is 15.4 Å². The lowest BCUT2D eigenvalue weighted by molar-refractivity contribution is -0.118. The molecule has 0 spiro atoms. The van der Waals surface area contributed by atoms with Crippen LogP contribution in [-0.2, 0) is 4.79 Å². The van der Waals surface area contributed by atoms with Gasteiger partial charge in [-0.3, -0.25) is 9.59 Å². The molecule has 0 radical (unpaired) electrons. The van der Waals surface area contributed by atoms with E-state index in [2.05, 4.69) is 10.6 Å². The number of carbonyl (C=O) groups excluding carboxylic acids is 2. The van der Waals surface area contributed by atoms with Crippen LogP contribution in [0.3, 0.4) is 0 Å². The Morgan fingerprint density at radius 1 is 0.793 bits per heavy atom. The zero-order valence-electron chi connectivity index (χ0n) is 16.8. The Kier molecular flexibility index (Phi) is 6.29. The molecule has 3 aromatic carbocycles. The molecule has 0 aliphatic carbocycles. The number of rotatable bonds is 6. The highest BCUT2D eigenvalue weighted by atomic mass is 16.5. The zero-order chi connectivity index (χ0) is 20.8. The summed E-state index contributed by atoms with van der Waals surface area (Å²) >= 11 is 0. The minimum absolute atomic E-state index is 0.109. The normalized spacial score (nSPS) is 10.3. The van der Waals surface area contributed by atoms with Crippen LogP contribution in [0.2, 0.25) is 0 Å². The predicted octanol–water partition coefficient (Wildman–Crippen LogP) is 4.88. The van der Waals surface area contributed by atoms with Gasteiger partial charge in [-0.25, -0.2) is 0 Å². The molecule has 0 aliphatic heterocycles. The first-order valence-electron chi connectivity index (χ1n) is 9.39. The van der Waals surface area contributed by atoms with E-state index in [0.717, 1.165) is 28.1 Å². The SMILES string of the molecule is Cc1ccc(C)c(NC(=O)c2ccc(OCC(=O)Nc3ccccc3C)cc2)c1. The first kappa shape index (κ1) is 20.1. The molecule has 0 aromatic heterocycles. The van der Waals surface area contributed by atoms with Gasteiger partial charge in [0, 0.05) is 16.9 Å². The van der Waals surface area contributed by atoms with Crippen LogP contribution in [0.15, 0.2) is 66.7 Å². The van der Waals surface area contributed by atoms with Crippen molar-refractivity contribution in [3.8, 4) is 5.75 Å². The Balaban J connectivity index is 1.55. The summed E-state index contributed by atoms with van der Waals surface area (Å²) < 4.78 is 5.52. The summed E-state index contributed by atoms with van der Waals surface area (Å²) in [5.41, 5.74) is 5.15. The van der Waals surface area contributed by atoms with Crippen molar-refractivity contribution in [2.45, 2.75) is 20.8 Å². The standard InChI is InChI=1S/C24H24N2O3/c1-16-8-9-18(3)22(14-16)26-24(28)19-10-12-20(13-11-19)29-15-23(27)25-21-7-5-4-6-17(21)2/h4-14H,15H2,1-3H3,(H,25,27)(H,26,28). The molecule has 0 aliphatic rings. The number of aryl methyl sites for hydroxylation is 3. The van der Waals surface area contributed by atoms with Gasteiger partial charge in [-0.15, -0.1) is 0 Å². The Labute approximate surface area is 170 Å². The number of amides is 2. The molecule has 5 heteroatoms. The average molecular weight is 388 g/mol. The highest BCUT2D eigenvalue weighted by Crippen LogP contribution is 2.19. The molecule has 29 heavy (non-hydrogen) atoms. The number of hydrogen-bond donors (Lipinski definition) is 2. The summed E-state index contributed by atoms with van der Waals surface area (Å²) in [5.74, 6) is 0.0896. The molecule has 3 rings (SSSR count). The summed E-state index contributed by atoms with van der Waals surface area (Å²) in [5, 5.41) is 5.74. The number of hydrogen-bond acceptors (Lipinski definition) is 3. The van der Waals surface area contributed by atoms with Gasteiger partial charge < -0.3 is 15.4 Å². The topological polar surface area (TPSA) is 67.4 Å². The Morgan fingerprint density at radius 2 is 1.48 bits per heavy atom. The van der Waals surface area contributed by atoms with Crippen LogP contribution >= 0.6 is 0 Å². The van der Waals surface area contributed by atoms with E-state index in [1.54, 1.807) is 24.3 Å². The van der Waals surface area contributed by atoms with Crippen LogP contribution in [0.25, 0.3) is 0 Å². The van der Waals surface area contributed by atoms with Gasteiger partial charge in [0.2, 0.25) is 0 Å². The van der Waals surface area contributed by atoms with E-state index in [0.29, 0.717) is 11.3 Å². The molecule has 0 atom stereocenters. The van der Waals surface area contributed by atoms with Crippen LogP contribution in [0, 0.1) is 20.8 Å². The lowest BCUT2D eigenvalue weighted by Crippen LogP contribution is -2.20. The van der Waals surface area contributed by atoms with Crippen molar-refractivity contribution >= 4 is 23.2 Å². The molecular formula is C24H24N2O3. The number of ether oxygens (including phenoxy) is 1. The van der Waals surface area contributed by atoms with Gasteiger partial charge in [-0.05, 0) is 73.9 Å². The first-order chi connectivity index (χ1) is 13.9.